The average Bonchev–Trinajstić information content (AvgIpc) is 3.08. The largest absolute Gasteiger partial charge is 0.332 e. The highest BCUT2D eigenvalue weighted by Crippen LogP contribution is 2.29. The van der Waals surface area contributed by atoms with Crippen LogP contribution < -0.4 is 0 Å². The number of nitrogens with zero attached hydrogens (tertiary/aromatic N) is 2. The topological polar surface area (TPSA) is 40.6 Å². The molecule has 0 saturated heterocycles. The van der Waals surface area contributed by atoms with Gasteiger partial charge in [0.1, 0.15) is 6.54 Å². The second-order valence-corrected chi connectivity index (χ2v) is 9.11. The van der Waals surface area contributed by atoms with Crippen molar-refractivity contribution in [2.45, 2.75) is 65.6 Å². The van der Waals surface area contributed by atoms with Gasteiger partial charge in [0, 0.05) is 23.4 Å². The smallest absolute Gasteiger partial charge is 0.242 e. The zero-order valence-corrected chi connectivity index (χ0v) is 18.6. The number of carbonyl (C=O) groups excluding carboxylic acids is 2. The van der Waals surface area contributed by atoms with Gasteiger partial charge in [-0.05, 0) is 55.7 Å². The Bertz CT molecular complexity index is 813. The summed E-state index contributed by atoms with van der Waals surface area (Å²) in [6.45, 7) is 7.53. The summed E-state index contributed by atoms with van der Waals surface area (Å²) >= 11 is 1.69. The average molecular weight is 413 g/mol. The van der Waals surface area contributed by atoms with Gasteiger partial charge in [0.25, 0.3) is 0 Å². The van der Waals surface area contributed by atoms with Gasteiger partial charge in [0.2, 0.25) is 11.8 Å². The van der Waals surface area contributed by atoms with Crippen LogP contribution in [-0.4, -0.2) is 34.2 Å². The first kappa shape index (κ1) is 21.6. The molecule has 1 aromatic heterocycles. The Hall–Kier alpha value is -2.14. The standard InChI is InChI=1S/C24H32N2O2S/c1-4-19(3)26(24(28)21-11-8-12-21)17-23(27)25(15-20-9-6-5-7-10-20)16-22-18(2)13-14-29-22/h5-7,9-10,13-14,19,21H,4,8,11-12,15-17H2,1-3H3/t19-/m0/s1. The van der Waals surface area contributed by atoms with Crippen LogP contribution in [0.2, 0.25) is 0 Å². The molecule has 1 aliphatic rings. The molecule has 29 heavy (non-hydrogen) atoms. The van der Waals surface area contributed by atoms with E-state index in [2.05, 4.69) is 32.2 Å². The molecule has 5 heteroatoms. The predicted octanol–water partition coefficient (Wildman–Crippen LogP) is 5.01. The van der Waals surface area contributed by atoms with Gasteiger partial charge in [0.15, 0.2) is 0 Å². The lowest BCUT2D eigenvalue weighted by Gasteiger charge is -2.36. The third kappa shape index (κ3) is 5.47. The molecule has 1 atom stereocenters. The van der Waals surface area contributed by atoms with Crippen molar-refractivity contribution >= 4 is 23.2 Å². The lowest BCUT2D eigenvalue weighted by atomic mass is 9.84. The second-order valence-electron chi connectivity index (χ2n) is 8.11. The monoisotopic (exact) mass is 412 g/mol. The van der Waals surface area contributed by atoms with E-state index < -0.39 is 0 Å². The normalized spacial score (nSPS) is 14.9. The van der Waals surface area contributed by atoms with Crippen molar-refractivity contribution in [1.82, 2.24) is 9.80 Å². The number of hydrogen-bond donors (Lipinski definition) is 0. The highest BCUT2D eigenvalue weighted by molar-refractivity contribution is 7.10. The zero-order chi connectivity index (χ0) is 20.8. The molecule has 0 N–H and O–H groups in total. The maximum atomic E-state index is 13.4. The summed E-state index contributed by atoms with van der Waals surface area (Å²) in [5, 5.41) is 2.07. The van der Waals surface area contributed by atoms with E-state index in [0.29, 0.717) is 13.1 Å². The first-order valence-corrected chi connectivity index (χ1v) is 11.5. The summed E-state index contributed by atoms with van der Waals surface area (Å²) in [6.07, 6.45) is 3.90. The number of amides is 2. The maximum Gasteiger partial charge on any atom is 0.242 e. The van der Waals surface area contributed by atoms with Crippen molar-refractivity contribution in [2.75, 3.05) is 6.54 Å². The van der Waals surface area contributed by atoms with E-state index in [1.165, 1.54) is 10.4 Å². The first-order chi connectivity index (χ1) is 14.0. The van der Waals surface area contributed by atoms with E-state index >= 15 is 0 Å². The maximum absolute atomic E-state index is 13.4. The van der Waals surface area contributed by atoms with Crippen LogP contribution in [0.5, 0.6) is 0 Å². The van der Waals surface area contributed by atoms with Crippen LogP contribution in [-0.2, 0) is 22.7 Å². The summed E-state index contributed by atoms with van der Waals surface area (Å²) in [5.74, 6) is 0.291. The van der Waals surface area contributed by atoms with Crippen LogP contribution in [0.4, 0.5) is 0 Å². The molecule has 0 aliphatic heterocycles. The minimum atomic E-state index is 0.0228. The van der Waals surface area contributed by atoms with E-state index in [4.69, 9.17) is 0 Å². The van der Waals surface area contributed by atoms with Gasteiger partial charge in [-0.15, -0.1) is 11.3 Å². The van der Waals surface area contributed by atoms with E-state index in [1.807, 2.05) is 40.1 Å². The zero-order valence-electron chi connectivity index (χ0n) is 17.8. The number of benzene rings is 1. The van der Waals surface area contributed by atoms with E-state index in [9.17, 15) is 9.59 Å². The molecule has 2 aromatic rings. The fraction of sp³-hybridized carbons (Fsp3) is 0.500. The lowest BCUT2D eigenvalue weighted by Crippen LogP contribution is -2.49. The van der Waals surface area contributed by atoms with Crippen molar-refractivity contribution in [2.24, 2.45) is 5.92 Å². The summed E-state index contributed by atoms with van der Waals surface area (Å²) in [6, 6.07) is 12.3. The summed E-state index contributed by atoms with van der Waals surface area (Å²) in [4.78, 5) is 31.3. The number of rotatable bonds is 9. The molecule has 156 valence electrons. The van der Waals surface area contributed by atoms with E-state index in [1.54, 1.807) is 11.3 Å². The summed E-state index contributed by atoms with van der Waals surface area (Å²) in [7, 11) is 0. The Morgan fingerprint density at radius 3 is 2.41 bits per heavy atom. The van der Waals surface area contributed by atoms with Crippen LogP contribution in [0.3, 0.4) is 0 Å². The van der Waals surface area contributed by atoms with Gasteiger partial charge in [-0.3, -0.25) is 9.59 Å². The molecule has 0 unspecified atom stereocenters. The Morgan fingerprint density at radius 1 is 1.14 bits per heavy atom. The molecular weight excluding hydrogens is 380 g/mol. The summed E-state index contributed by atoms with van der Waals surface area (Å²) < 4.78 is 0. The molecule has 0 bridgehead atoms. The van der Waals surface area contributed by atoms with Crippen molar-refractivity contribution in [3.63, 3.8) is 0 Å². The first-order valence-electron chi connectivity index (χ1n) is 10.6. The van der Waals surface area contributed by atoms with Gasteiger partial charge >= 0.3 is 0 Å². The molecule has 1 aliphatic carbocycles. The molecule has 1 heterocycles. The summed E-state index contributed by atoms with van der Waals surface area (Å²) in [5.41, 5.74) is 2.32. The third-order valence-electron chi connectivity index (χ3n) is 6.04. The molecular formula is C24H32N2O2S. The lowest BCUT2D eigenvalue weighted by molar-refractivity contribution is -0.147. The van der Waals surface area contributed by atoms with Crippen LogP contribution in [0.1, 0.15) is 55.5 Å². The second kappa shape index (κ2) is 10.1. The van der Waals surface area contributed by atoms with Crippen molar-refractivity contribution in [3.05, 3.63) is 57.8 Å². The Labute approximate surface area is 178 Å². The SMILES string of the molecule is CC[C@H](C)N(CC(=O)N(Cc1ccccc1)Cc1sccc1C)C(=O)C1CCC1. The minimum absolute atomic E-state index is 0.0228. The quantitative estimate of drug-likeness (QED) is 0.581. The highest BCUT2D eigenvalue weighted by Gasteiger charge is 2.33. The molecule has 0 radical (unpaired) electrons. The number of hydrogen-bond acceptors (Lipinski definition) is 3. The Kier molecular flexibility index (Phi) is 7.48. The van der Waals surface area contributed by atoms with Gasteiger partial charge in [0.05, 0.1) is 6.54 Å². The number of thiophene rings is 1. The molecule has 3 rings (SSSR count). The molecule has 1 aromatic carbocycles. The molecule has 1 saturated carbocycles. The van der Waals surface area contributed by atoms with Crippen molar-refractivity contribution < 1.29 is 9.59 Å². The highest BCUT2D eigenvalue weighted by atomic mass is 32.1. The van der Waals surface area contributed by atoms with E-state index in [0.717, 1.165) is 31.2 Å². The fourth-order valence-electron chi connectivity index (χ4n) is 3.58. The third-order valence-corrected chi connectivity index (χ3v) is 7.05. The number of carbonyl (C=O) groups is 2. The van der Waals surface area contributed by atoms with Crippen molar-refractivity contribution in [1.29, 1.82) is 0 Å². The van der Waals surface area contributed by atoms with Crippen LogP contribution in [0.15, 0.2) is 41.8 Å². The van der Waals surface area contributed by atoms with Crippen LogP contribution in [0, 0.1) is 12.8 Å². The van der Waals surface area contributed by atoms with Gasteiger partial charge in [-0.2, -0.15) is 0 Å². The van der Waals surface area contributed by atoms with Crippen LogP contribution in [0.25, 0.3) is 0 Å². The Morgan fingerprint density at radius 2 is 1.86 bits per heavy atom. The minimum Gasteiger partial charge on any atom is -0.332 e. The van der Waals surface area contributed by atoms with Crippen molar-refractivity contribution in [3.8, 4) is 0 Å². The van der Waals surface area contributed by atoms with E-state index in [-0.39, 0.29) is 30.3 Å². The fourth-order valence-corrected chi connectivity index (χ4v) is 4.50. The molecule has 2 amide bonds. The molecule has 1 fully saturated rings. The van der Waals surface area contributed by atoms with Gasteiger partial charge in [-0.25, -0.2) is 0 Å². The Balaban J connectivity index is 1.77. The molecule has 0 spiro atoms. The van der Waals surface area contributed by atoms with Gasteiger partial charge in [-0.1, -0.05) is 43.7 Å². The van der Waals surface area contributed by atoms with Crippen LogP contribution >= 0.6 is 11.3 Å². The predicted molar refractivity (Wildman–Crippen MR) is 119 cm³/mol. The number of aryl methyl sites for hydroxylation is 1. The molecule has 4 nitrogen and oxygen atoms in total. The van der Waals surface area contributed by atoms with Gasteiger partial charge < -0.3 is 9.80 Å².